The van der Waals surface area contributed by atoms with E-state index in [1.807, 2.05) is 18.7 Å². The molecule has 0 aliphatic carbocycles. The van der Waals surface area contributed by atoms with Gasteiger partial charge in [-0.1, -0.05) is 6.92 Å². The minimum absolute atomic E-state index is 0.484. The third kappa shape index (κ3) is 3.80. The predicted molar refractivity (Wildman–Crippen MR) is 63.9 cm³/mol. The van der Waals surface area contributed by atoms with Crippen molar-refractivity contribution in [3.8, 4) is 0 Å². The van der Waals surface area contributed by atoms with E-state index in [0.717, 1.165) is 28.6 Å². The molecule has 0 saturated heterocycles. The first-order chi connectivity index (χ1) is 7.15. The number of aryl methyl sites for hydroxylation is 1. The molecule has 15 heavy (non-hydrogen) atoms. The molecule has 0 aliphatic rings. The van der Waals surface area contributed by atoms with E-state index in [0.29, 0.717) is 0 Å². The molecule has 0 bridgehead atoms. The van der Waals surface area contributed by atoms with E-state index in [9.17, 15) is 5.11 Å². The summed E-state index contributed by atoms with van der Waals surface area (Å²) in [5, 5.41) is 9.42. The summed E-state index contributed by atoms with van der Waals surface area (Å²) < 4.78 is 0. The van der Waals surface area contributed by atoms with E-state index < -0.39 is 6.10 Å². The summed E-state index contributed by atoms with van der Waals surface area (Å²) in [7, 11) is 0. The first-order valence-electron chi connectivity index (χ1n) is 5.23. The molecule has 0 saturated carbocycles. The fraction of sp³-hybridized carbons (Fsp3) is 0.636. The average Bonchev–Trinajstić information content (AvgIpc) is 2.17. The quantitative estimate of drug-likeness (QED) is 0.783. The number of aromatic nitrogens is 2. The molecular weight excluding hydrogens is 208 g/mol. The summed E-state index contributed by atoms with van der Waals surface area (Å²) in [5.41, 5.74) is 1.70. The van der Waals surface area contributed by atoms with Crippen LogP contribution in [0.2, 0.25) is 0 Å². The van der Waals surface area contributed by atoms with Crippen molar-refractivity contribution in [3.63, 3.8) is 0 Å². The molecule has 1 N–H and O–H groups in total. The van der Waals surface area contributed by atoms with Crippen LogP contribution in [0.3, 0.4) is 0 Å². The molecule has 0 aromatic carbocycles. The zero-order chi connectivity index (χ0) is 11.3. The first-order valence-corrected chi connectivity index (χ1v) is 6.38. The highest BCUT2D eigenvalue weighted by atomic mass is 32.2. The van der Waals surface area contributed by atoms with Crippen LogP contribution in [0, 0.1) is 6.92 Å². The van der Waals surface area contributed by atoms with Crippen LogP contribution in [0.4, 0.5) is 0 Å². The van der Waals surface area contributed by atoms with Gasteiger partial charge in [0.15, 0.2) is 0 Å². The Morgan fingerprint density at radius 1 is 1.53 bits per heavy atom. The van der Waals surface area contributed by atoms with E-state index in [-0.39, 0.29) is 0 Å². The molecule has 1 atom stereocenters. The molecule has 0 fully saturated rings. The van der Waals surface area contributed by atoms with E-state index >= 15 is 0 Å². The SMILES string of the molecule is CCCSCc1ncc([C@@H](C)O)c(C)n1. The number of rotatable bonds is 5. The summed E-state index contributed by atoms with van der Waals surface area (Å²) >= 11 is 1.84. The van der Waals surface area contributed by atoms with Crippen molar-refractivity contribution in [2.24, 2.45) is 0 Å². The summed E-state index contributed by atoms with van der Waals surface area (Å²) in [5.74, 6) is 2.85. The van der Waals surface area contributed by atoms with Gasteiger partial charge >= 0.3 is 0 Å². The number of nitrogens with zero attached hydrogens (tertiary/aromatic N) is 2. The lowest BCUT2D eigenvalue weighted by Gasteiger charge is -2.08. The fourth-order valence-corrected chi connectivity index (χ4v) is 2.07. The molecule has 4 heteroatoms. The fourth-order valence-electron chi connectivity index (χ4n) is 1.31. The van der Waals surface area contributed by atoms with Gasteiger partial charge in [0, 0.05) is 17.5 Å². The first kappa shape index (κ1) is 12.5. The van der Waals surface area contributed by atoms with Crippen LogP contribution in [-0.4, -0.2) is 20.8 Å². The largest absolute Gasteiger partial charge is 0.389 e. The van der Waals surface area contributed by atoms with Gasteiger partial charge < -0.3 is 5.11 Å². The van der Waals surface area contributed by atoms with Crippen LogP contribution in [-0.2, 0) is 5.75 Å². The molecule has 0 radical (unpaired) electrons. The third-order valence-corrected chi connectivity index (χ3v) is 3.26. The molecule has 0 aliphatic heterocycles. The van der Waals surface area contributed by atoms with E-state index in [1.54, 1.807) is 13.1 Å². The Bertz CT molecular complexity index is 315. The van der Waals surface area contributed by atoms with Crippen LogP contribution in [0.1, 0.15) is 43.5 Å². The second kappa shape index (κ2) is 6.08. The predicted octanol–water partition coefficient (Wildman–Crippen LogP) is 2.48. The Morgan fingerprint density at radius 2 is 2.27 bits per heavy atom. The highest BCUT2D eigenvalue weighted by molar-refractivity contribution is 7.98. The molecule has 3 nitrogen and oxygen atoms in total. The lowest BCUT2D eigenvalue weighted by Crippen LogP contribution is -2.02. The molecule has 1 aromatic heterocycles. The molecule has 84 valence electrons. The molecule has 1 rings (SSSR count). The van der Waals surface area contributed by atoms with Gasteiger partial charge in [0.05, 0.1) is 11.9 Å². The number of hydrogen-bond acceptors (Lipinski definition) is 4. The lowest BCUT2D eigenvalue weighted by molar-refractivity contribution is 0.197. The van der Waals surface area contributed by atoms with Gasteiger partial charge in [-0.25, -0.2) is 9.97 Å². The van der Waals surface area contributed by atoms with E-state index in [1.165, 1.54) is 6.42 Å². The molecule has 1 aromatic rings. The lowest BCUT2D eigenvalue weighted by atomic mass is 10.1. The van der Waals surface area contributed by atoms with Gasteiger partial charge in [0.1, 0.15) is 5.82 Å². The highest BCUT2D eigenvalue weighted by Crippen LogP contribution is 2.16. The van der Waals surface area contributed by atoms with Gasteiger partial charge in [-0.15, -0.1) is 0 Å². The Morgan fingerprint density at radius 3 is 2.80 bits per heavy atom. The molecule has 0 unspecified atom stereocenters. The molecular formula is C11H18N2OS. The van der Waals surface area contributed by atoms with E-state index in [2.05, 4.69) is 16.9 Å². The van der Waals surface area contributed by atoms with Crippen molar-refractivity contribution in [3.05, 3.63) is 23.3 Å². The zero-order valence-corrected chi connectivity index (χ0v) is 10.3. The van der Waals surface area contributed by atoms with E-state index in [4.69, 9.17) is 0 Å². The van der Waals surface area contributed by atoms with Gasteiger partial charge in [-0.3, -0.25) is 0 Å². The smallest absolute Gasteiger partial charge is 0.138 e. The zero-order valence-electron chi connectivity index (χ0n) is 9.53. The maximum absolute atomic E-state index is 9.42. The Hall–Kier alpha value is -0.610. The summed E-state index contributed by atoms with van der Waals surface area (Å²) in [6, 6.07) is 0. The van der Waals surface area contributed by atoms with Crippen molar-refractivity contribution in [2.75, 3.05) is 5.75 Å². The summed E-state index contributed by atoms with van der Waals surface area (Å²) in [6.45, 7) is 5.81. The summed E-state index contributed by atoms with van der Waals surface area (Å²) in [4.78, 5) is 8.61. The minimum Gasteiger partial charge on any atom is -0.389 e. The molecule has 1 heterocycles. The standard InChI is InChI=1S/C11H18N2OS/c1-4-5-15-7-11-12-6-10(9(3)14)8(2)13-11/h6,9,14H,4-5,7H2,1-3H3/t9-/m1/s1. The highest BCUT2D eigenvalue weighted by Gasteiger charge is 2.07. The Labute approximate surface area is 95.3 Å². The number of aliphatic hydroxyl groups is 1. The third-order valence-electron chi connectivity index (χ3n) is 2.10. The number of aliphatic hydroxyl groups excluding tert-OH is 1. The van der Waals surface area contributed by atoms with Crippen molar-refractivity contribution in [1.29, 1.82) is 0 Å². The second-order valence-corrected chi connectivity index (χ2v) is 4.66. The van der Waals surface area contributed by atoms with Crippen molar-refractivity contribution >= 4 is 11.8 Å². The summed E-state index contributed by atoms with van der Waals surface area (Å²) in [6.07, 6.45) is 2.42. The molecule has 0 amide bonds. The van der Waals surface area contributed by atoms with Crippen molar-refractivity contribution in [1.82, 2.24) is 9.97 Å². The second-order valence-electron chi connectivity index (χ2n) is 3.56. The van der Waals surface area contributed by atoms with Gasteiger partial charge in [-0.05, 0) is 26.0 Å². The molecule has 0 spiro atoms. The van der Waals surface area contributed by atoms with Crippen LogP contribution in [0.15, 0.2) is 6.20 Å². The Kier molecular flexibility index (Phi) is 5.05. The Balaban J connectivity index is 2.65. The van der Waals surface area contributed by atoms with Crippen molar-refractivity contribution < 1.29 is 5.11 Å². The maximum Gasteiger partial charge on any atom is 0.138 e. The van der Waals surface area contributed by atoms with Gasteiger partial charge in [0.2, 0.25) is 0 Å². The van der Waals surface area contributed by atoms with Crippen molar-refractivity contribution in [2.45, 2.75) is 39.0 Å². The van der Waals surface area contributed by atoms with Gasteiger partial charge in [0.25, 0.3) is 0 Å². The van der Waals surface area contributed by atoms with Crippen LogP contribution in [0.5, 0.6) is 0 Å². The monoisotopic (exact) mass is 226 g/mol. The normalized spacial score (nSPS) is 12.8. The van der Waals surface area contributed by atoms with Crippen LogP contribution in [0.25, 0.3) is 0 Å². The van der Waals surface area contributed by atoms with Crippen LogP contribution >= 0.6 is 11.8 Å². The average molecular weight is 226 g/mol. The number of hydrogen-bond donors (Lipinski definition) is 1. The topological polar surface area (TPSA) is 46.0 Å². The minimum atomic E-state index is -0.484. The number of thioether (sulfide) groups is 1. The van der Waals surface area contributed by atoms with Crippen LogP contribution < -0.4 is 0 Å². The maximum atomic E-state index is 9.42. The van der Waals surface area contributed by atoms with Gasteiger partial charge in [-0.2, -0.15) is 11.8 Å².